The topological polar surface area (TPSA) is 44.7 Å². The van der Waals surface area contributed by atoms with Gasteiger partial charge in [0.25, 0.3) is 0 Å². The molecule has 17 heavy (non-hydrogen) atoms. The minimum Gasteiger partial charge on any atom is -0.395 e. The second kappa shape index (κ2) is 6.69. The van der Waals surface area contributed by atoms with Crippen LogP contribution in [0.15, 0.2) is 0 Å². The van der Waals surface area contributed by atoms with Crippen LogP contribution < -0.4 is 5.32 Å². The standard InChI is InChI=1S/C13H26N2O2/c1-15(9-13-3-2-8-17-13)7-6-12(10-16)14-11-4-5-11/h11-14,16H,2-10H2,1H3. The number of nitrogens with one attached hydrogen (secondary N) is 1. The molecule has 2 atom stereocenters. The molecule has 100 valence electrons. The fraction of sp³-hybridized carbons (Fsp3) is 1.00. The Morgan fingerprint density at radius 1 is 1.41 bits per heavy atom. The van der Waals surface area contributed by atoms with Gasteiger partial charge in [-0.15, -0.1) is 0 Å². The van der Waals surface area contributed by atoms with Gasteiger partial charge in [0.05, 0.1) is 12.7 Å². The first-order valence-electron chi connectivity index (χ1n) is 6.95. The van der Waals surface area contributed by atoms with Crippen molar-refractivity contribution in [3.8, 4) is 0 Å². The highest BCUT2D eigenvalue weighted by molar-refractivity contribution is 4.85. The van der Waals surface area contributed by atoms with E-state index in [0.717, 1.165) is 26.1 Å². The lowest BCUT2D eigenvalue weighted by atomic mass is 10.2. The first-order valence-corrected chi connectivity index (χ1v) is 6.95. The van der Waals surface area contributed by atoms with Gasteiger partial charge in [0.1, 0.15) is 0 Å². The van der Waals surface area contributed by atoms with Crippen molar-refractivity contribution in [2.45, 2.75) is 50.3 Å². The van der Waals surface area contributed by atoms with E-state index in [1.165, 1.54) is 25.7 Å². The molecule has 0 aromatic heterocycles. The summed E-state index contributed by atoms with van der Waals surface area (Å²) in [5, 5.41) is 12.8. The molecule has 4 nitrogen and oxygen atoms in total. The van der Waals surface area contributed by atoms with Crippen molar-refractivity contribution in [1.82, 2.24) is 10.2 Å². The Bertz CT molecular complexity index is 215. The average Bonchev–Trinajstić information content (AvgIpc) is 3.00. The van der Waals surface area contributed by atoms with E-state index in [9.17, 15) is 5.11 Å². The summed E-state index contributed by atoms with van der Waals surface area (Å²) in [6, 6.07) is 0.949. The van der Waals surface area contributed by atoms with Crippen LogP contribution in [0.2, 0.25) is 0 Å². The Labute approximate surface area is 104 Å². The van der Waals surface area contributed by atoms with Crippen molar-refractivity contribution in [3.05, 3.63) is 0 Å². The summed E-state index contributed by atoms with van der Waals surface area (Å²) in [5.74, 6) is 0. The number of ether oxygens (including phenoxy) is 1. The summed E-state index contributed by atoms with van der Waals surface area (Å²) in [7, 11) is 2.15. The third-order valence-electron chi connectivity index (χ3n) is 3.67. The second-order valence-electron chi connectivity index (χ2n) is 5.51. The van der Waals surface area contributed by atoms with Crippen LogP contribution in [0.5, 0.6) is 0 Å². The fourth-order valence-electron chi connectivity index (χ4n) is 2.41. The van der Waals surface area contributed by atoms with Crippen LogP contribution in [0.4, 0.5) is 0 Å². The van der Waals surface area contributed by atoms with Crippen LogP contribution in [0.25, 0.3) is 0 Å². The van der Waals surface area contributed by atoms with Gasteiger partial charge in [-0.3, -0.25) is 0 Å². The van der Waals surface area contributed by atoms with E-state index in [1.807, 2.05) is 0 Å². The average molecular weight is 242 g/mol. The van der Waals surface area contributed by atoms with Crippen molar-refractivity contribution in [3.63, 3.8) is 0 Å². The number of rotatable bonds is 8. The zero-order valence-corrected chi connectivity index (χ0v) is 10.9. The predicted octanol–water partition coefficient (Wildman–Crippen LogP) is 0.600. The molecule has 0 spiro atoms. The number of nitrogens with zero attached hydrogens (tertiary/aromatic N) is 1. The summed E-state index contributed by atoms with van der Waals surface area (Å²) in [6.07, 6.45) is 6.43. The van der Waals surface area contributed by atoms with Crippen molar-refractivity contribution in [1.29, 1.82) is 0 Å². The van der Waals surface area contributed by atoms with Crippen molar-refractivity contribution < 1.29 is 9.84 Å². The van der Waals surface area contributed by atoms with E-state index in [0.29, 0.717) is 12.1 Å². The second-order valence-corrected chi connectivity index (χ2v) is 5.51. The molecule has 2 N–H and O–H groups in total. The Morgan fingerprint density at radius 2 is 2.24 bits per heavy atom. The molecule has 1 saturated heterocycles. The number of aliphatic hydroxyl groups is 1. The number of hydrogen-bond donors (Lipinski definition) is 2. The van der Waals surface area contributed by atoms with Gasteiger partial charge in [0.15, 0.2) is 0 Å². The third-order valence-corrected chi connectivity index (χ3v) is 3.67. The lowest BCUT2D eigenvalue weighted by molar-refractivity contribution is 0.0791. The van der Waals surface area contributed by atoms with Gasteiger partial charge in [-0.1, -0.05) is 0 Å². The Morgan fingerprint density at radius 3 is 2.82 bits per heavy atom. The first kappa shape index (κ1) is 13.3. The molecule has 0 amide bonds. The van der Waals surface area contributed by atoms with Gasteiger partial charge in [-0.2, -0.15) is 0 Å². The lowest BCUT2D eigenvalue weighted by Crippen LogP contribution is -2.38. The van der Waals surface area contributed by atoms with Gasteiger partial charge in [0, 0.05) is 25.2 Å². The third kappa shape index (κ3) is 4.92. The molecule has 0 radical (unpaired) electrons. The van der Waals surface area contributed by atoms with Crippen LogP contribution in [0, 0.1) is 0 Å². The Kier molecular flexibility index (Phi) is 5.22. The molecular formula is C13H26N2O2. The van der Waals surface area contributed by atoms with Gasteiger partial charge in [0.2, 0.25) is 0 Å². The molecule has 1 aliphatic heterocycles. The highest BCUT2D eigenvalue weighted by Crippen LogP contribution is 2.20. The van der Waals surface area contributed by atoms with E-state index >= 15 is 0 Å². The van der Waals surface area contributed by atoms with E-state index in [1.54, 1.807) is 0 Å². The zero-order valence-electron chi connectivity index (χ0n) is 10.9. The zero-order chi connectivity index (χ0) is 12.1. The maximum absolute atomic E-state index is 9.29. The van der Waals surface area contributed by atoms with Crippen molar-refractivity contribution >= 4 is 0 Å². The molecular weight excluding hydrogens is 216 g/mol. The molecule has 1 aliphatic carbocycles. The predicted molar refractivity (Wildman–Crippen MR) is 68.1 cm³/mol. The van der Waals surface area contributed by atoms with Crippen LogP contribution in [0.1, 0.15) is 32.1 Å². The van der Waals surface area contributed by atoms with Crippen LogP contribution in [-0.4, -0.2) is 61.5 Å². The number of likely N-dealkylation sites (N-methyl/N-ethyl adjacent to an activating group) is 1. The monoisotopic (exact) mass is 242 g/mol. The Hall–Kier alpha value is -0.160. The van der Waals surface area contributed by atoms with Crippen LogP contribution in [0.3, 0.4) is 0 Å². The molecule has 2 aliphatic rings. The maximum atomic E-state index is 9.29. The molecule has 2 rings (SSSR count). The molecule has 0 aromatic rings. The molecule has 1 saturated carbocycles. The minimum atomic E-state index is 0.254. The van der Waals surface area contributed by atoms with E-state index in [-0.39, 0.29) is 12.6 Å². The lowest BCUT2D eigenvalue weighted by Gasteiger charge is -2.23. The SMILES string of the molecule is CN(CCC(CO)NC1CC1)CC1CCCO1. The van der Waals surface area contributed by atoms with Gasteiger partial charge in [-0.05, 0) is 45.7 Å². The molecule has 0 aromatic carbocycles. The molecule has 4 heteroatoms. The molecule has 1 heterocycles. The molecule has 2 unspecified atom stereocenters. The minimum absolute atomic E-state index is 0.254. The highest BCUT2D eigenvalue weighted by atomic mass is 16.5. The number of aliphatic hydroxyl groups excluding tert-OH is 1. The normalized spacial score (nSPS) is 26.6. The maximum Gasteiger partial charge on any atom is 0.0702 e. The molecule has 0 bridgehead atoms. The van der Waals surface area contributed by atoms with Gasteiger partial charge in [-0.25, -0.2) is 0 Å². The van der Waals surface area contributed by atoms with Crippen LogP contribution in [-0.2, 0) is 4.74 Å². The van der Waals surface area contributed by atoms with Gasteiger partial charge < -0.3 is 20.1 Å². The quantitative estimate of drug-likeness (QED) is 0.654. The first-order chi connectivity index (χ1) is 8.28. The fourth-order valence-corrected chi connectivity index (χ4v) is 2.41. The molecule has 2 fully saturated rings. The summed E-state index contributed by atoms with van der Waals surface area (Å²) in [5.41, 5.74) is 0. The van der Waals surface area contributed by atoms with E-state index < -0.39 is 0 Å². The largest absolute Gasteiger partial charge is 0.395 e. The Balaban J connectivity index is 1.57. The van der Waals surface area contributed by atoms with Crippen molar-refractivity contribution in [2.24, 2.45) is 0 Å². The van der Waals surface area contributed by atoms with Crippen molar-refractivity contribution in [2.75, 3.05) is 33.4 Å². The van der Waals surface area contributed by atoms with E-state index in [2.05, 4.69) is 17.3 Å². The summed E-state index contributed by atoms with van der Waals surface area (Å²) in [6.45, 7) is 3.25. The van der Waals surface area contributed by atoms with E-state index in [4.69, 9.17) is 4.74 Å². The smallest absolute Gasteiger partial charge is 0.0702 e. The van der Waals surface area contributed by atoms with Crippen LogP contribution >= 0.6 is 0 Å². The number of hydrogen-bond acceptors (Lipinski definition) is 4. The highest BCUT2D eigenvalue weighted by Gasteiger charge is 2.24. The van der Waals surface area contributed by atoms with Gasteiger partial charge >= 0.3 is 0 Å². The summed E-state index contributed by atoms with van der Waals surface area (Å²) >= 11 is 0. The summed E-state index contributed by atoms with van der Waals surface area (Å²) in [4.78, 5) is 2.33. The summed E-state index contributed by atoms with van der Waals surface area (Å²) < 4.78 is 5.62.